The molecular formula is C18H28N4O3. The first-order valence-corrected chi connectivity index (χ1v) is 8.71. The first kappa shape index (κ1) is 19.2. The van der Waals surface area contributed by atoms with Gasteiger partial charge in [0.05, 0.1) is 18.4 Å². The van der Waals surface area contributed by atoms with E-state index >= 15 is 0 Å². The SMILES string of the molecule is CCC(CC)(CO)CNC(=O)Cc1c(C)nc2c(c1C)c(=O)[nH]n2C. The molecule has 2 rings (SSSR count). The molecule has 7 heteroatoms. The number of aryl methyl sites for hydroxylation is 3. The topological polar surface area (TPSA) is 100 Å². The van der Waals surface area contributed by atoms with E-state index in [-0.39, 0.29) is 29.9 Å². The minimum absolute atomic E-state index is 0.0469. The van der Waals surface area contributed by atoms with Crippen LogP contribution >= 0.6 is 0 Å². The summed E-state index contributed by atoms with van der Waals surface area (Å²) in [6.07, 6.45) is 1.76. The van der Waals surface area contributed by atoms with Crippen molar-refractivity contribution in [2.75, 3.05) is 13.2 Å². The van der Waals surface area contributed by atoms with E-state index in [9.17, 15) is 14.7 Å². The molecule has 7 nitrogen and oxygen atoms in total. The van der Waals surface area contributed by atoms with Crippen molar-refractivity contribution >= 4 is 16.9 Å². The zero-order valence-corrected chi connectivity index (χ0v) is 15.7. The number of hydrogen-bond donors (Lipinski definition) is 3. The average Bonchev–Trinajstić information content (AvgIpc) is 2.87. The number of fused-ring (bicyclic) bond motifs is 1. The summed E-state index contributed by atoms with van der Waals surface area (Å²) in [4.78, 5) is 29.0. The van der Waals surface area contributed by atoms with Crippen LogP contribution in [0.25, 0.3) is 11.0 Å². The molecule has 3 N–H and O–H groups in total. The molecule has 0 fully saturated rings. The molecule has 0 aliphatic heterocycles. The number of H-pyrrole nitrogens is 1. The molecule has 0 aromatic carbocycles. The quantitative estimate of drug-likeness (QED) is 0.703. The molecule has 0 radical (unpaired) electrons. The summed E-state index contributed by atoms with van der Waals surface area (Å²) in [6.45, 7) is 8.22. The zero-order chi connectivity index (χ0) is 18.8. The number of aromatic amines is 1. The fourth-order valence-electron chi connectivity index (χ4n) is 3.20. The Morgan fingerprint density at radius 1 is 1.32 bits per heavy atom. The maximum Gasteiger partial charge on any atom is 0.273 e. The molecule has 2 heterocycles. The van der Waals surface area contributed by atoms with Gasteiger partial charge in [-0.05, 0) is 37.8 Å². The Morgan fingerprint density at radius 3 is 2.52 bits per heavy atom. The van der Waals surface area contributed by atoms with Gasteiger partial charge in [-0.1, -0.05) is 13.8 Å². The van der Waals surface area contributed by atoms with Crippen LogP contribution in [-0.2, 0) is 18.3 Å². The van der Waals surface area contributed by atoms with E-state index in [1.807, 2.05) is 27.7 Å². The number of pyridine rings is 1. The number of nitrogens with zero attached hydrogens (tertiary/aromatic N) is 2. The zero-order valence-electron chi connectivity index (χ0n) is 15.7. The lowest BCUT2D eigenvalue weighted by Gasteiger charge is -2.29. The van der Waals surface area contributed by atoms with Crippen LogP contribution in [0, 0.1) is 19.3 Å². The van der Waals surface area contributed by atoms with Crippen molar-refractivity contribution in [3.63, 3.8) is 0 Å². The molecule has 2 aromatic rings. The lowest BCUT2D eigenvalue weighted by molar-refractivity contribution is -0.121. The number of rotatable bonds is 7. The molecule has 0 atom stereocenters. The fourth-order valence-corrected chi connectivity index (χ4v) is 3.20. The Labute approximate surface area is 147 Å². The van der Waals surface area contributed by atoms with Gasteiger partial charge < -0.3 is 10.4 Å². The van der Waals surface area contributed by atoms with Gasteiger partial charge in [0.15, 0.2) is 5.65 Å². The third-order valence-electron chi connectivity index (χ3n) is 5.41. The monoisotopic (exact) mass is 348 g/mol. The minimum Gasteiger partial charge on any atom is -0.396 e. The van der Waals surface area contributed by atoms with Crippen LogP contribution in [0.1, 0.15) is 43.5 Å². The molecule has 0 aliphatic rings. The van der Waals surface area contributed by atoms with Crippen LogP contribution in [0.2, 0.25) is 0 Å². The summed E-state index contributed by atoms with van der Waals surface area (Å²) in [6, 6.07) is 0. The number of carbonyl (C=O) groups excluding carboxylic acids is 1. The lowest BCUT2D eigenvalue weighted by Crippen LogP contribution is -2.40. The van der Waals surface area contributed by atoms with Crippen molar-refractivity contribution in [2.45, 2.75) is 47.0 Å². The van der Waals surface area contributed by atoms with E-state index in [1.54, 1.807) is 11.7 Å². The second kappa shape index (κ2) is 7.39. The maximum atomic E-state index is 12.4. The highest BCUT2D eigenvalue weighted by molar-refractivity contribution is 5.84. The molecule has 0 spiro atoms. The van der Waals surface area contributed by atoms with Gasteiger partial charge in [0.25, 0.3) is 5.56 Å². The van der Waals surface area contributed by atoms with Crippen LogP contribution in [0.15, 0.2) is 4.79 Å². The van der Waals surface area contributed by atoms with Crippen molar-refractivity contribution in [3.8, 4) is 0 Å². The number of aromatic nitrogens is 3. The number of hydrogen-bond acceptors (Lipinski definition) is 4. The van der Waals surface area contributed by atoms with Crippen molar-refractivity contribution < 1.29 is 9.90 Å². The van der Waals surface area contributed by atoms with Crippen molar-refractivity contribution in [1.82, 2.24) is 20.1 Å². The molecular weight excluding hydrogens is 320 g/mol. The van der Waals surface area contributed by atoms with Gasteiger partial charge >= 0.3 is 0 Å². The Balaban J connectivity index is 2.24. The lowest BCUT2D eigenvalue weighted by atomic mass is 9.83. The van der Waals surface area contributed by atoms with Gasteiger partial charge in [-0.2, -0.15) is 0 Å². The standard InChI is InChI=1S/C18H28N4O3/c1-6-18(7-2,10-23)9-19-14(24)8-13-11(3)15-16(20-12(13)4)22(5)21-17(15)25/h23H,6-10H2,1-5H3,(H,19,24)(H,21,25). The first-order chi connectivity index (χ1) is 11.8. The van der Waals surface area contributed by atoms with Gasteiger partial charge in [-0.25, -0.2) is 4.98 Å². The van der Waals surface area contributed by atoms with Gasteiger partial charge in [-0.3, -0.25) is 19.4 Å². The van der Waals surface area contributed by atoms with E-state index in [2.05, 4.69) is 15.4 Å². The first-order valence-electron chi connectivity index (χ1n) is 8.71. The third kappa shape index (κ3) is 3.61. The van der Waals surface area contributed by atoms with Crippen LogP contribution in [0.5, 0.6) is 0 Å². The minimum atomic E-state index is -0.279. The Morgan fingerprint density at radius 2 is 1.96 bits per heavy atom. The third-order valence-corrected chi connectivity index (χ3v) is 5.41. The number of aliphatic hydroxyl groups excluding tert-OH is 1. The molecule has 2 aromatic heterocycles. The summed E-state index contributed by atoms with van der Waals surface area (Å²) >= 11 is 0. The fraction of sp³-hybridized carbons (Fsp3) is 0.611. The molecule has 0 saturated heterocycles. The highest BCUT2D eigenvalue weighted by Crippen LogP contribution is 2.25. The normalized spacial score (nSPS) is 11.9. The van der Waals surface area contributed by atoms with E-state index in [4.69, 9.17) is 0 Å². The highest BCUT2D eigenvalue weighted by atomic mass is 16.3. The van der Waals surface area contributed by atoms with E-state index < -0.39 is 0 Å². The molecule has 0 bridgehead atoms. The van der Waals surface area contributed by atoms with Crippen LogP contribution in [-0.4, -0.2) is 38.9 Å². The molecule has 1 amide bonds. The summed E-state index contributed by atoms with van der Waals surface area (Å²) in [7, 11) is 1.74. The Bertz CT molecular complexity index is 823. The summed E-state index contributed by atoms with van der Waals surface area (Å²) in [5.74, 6) is -0.126. The summed E-state index contributed by atoms with van der Waals surface area (Å²) < 4.78 is 1.60. The van der Waals surface area contributed by atoms with Gasteiger partial charge in [-0.15, -0.1) is 0 Å². The van der Waals surface area contributed by atoms with Crippen molar-refractivity contribution in [1.29, 1.82) is 0 Å². The molecule has 25 heavy (non-hydrogen) atoms. The second-order valence-corrected chi connectivity index (χ2v) is 6.82. The number of carbonyl (C=O) groups is 1. The average molecular weight is 348 g/mol. The predicted molar refractivity (Wildman–Crippen MR) is 97.6 cm³/mol. The number of amides is 1. The van der Waals surface area contributed by atoms with E-state index in [1.165, 1.54) is 0 Å². The van der Waals surface area contributed by atoms with Gasteiger partial charge in [0, 0.05) is 24.7 Å². The maximum absolute atomic E-state index is 12.4. The van der Waals surface area contributed by atoms with Crippen LogP contribution < -0.4 is 10.9 Å². The summed E-state index contributed by atoms with van der Waals surface area (Å²) in [5, 5.41) is 15.8. The smallest absolute Gasteiger partial charge is 0.273 e. The van der Waals surface area contributed by atoms with Crippen LogP contribution in [0.4, 0.5) is 0 Å². The Hall–Kier alpha value is -2.15. The van der Waals surface area contributed by atoms with Crippen LogP contribution in [0.3, 0.4) is 0 Å². The highest BCUT2D eigenvalue weighted by Gasteiger charge is 2.26. The molecule has 0 aliphatic carbocycles. The second-order valence-electron chi connectivity index (χ2n) is 6.82. The Kier molecular flexibility index (Phi) is 5.67. The van der Waals surface area contributed by atoms with Gasteiger partial charge in [0.2, 0.25) is 5.91 Å². The largest absolute Gasteiger partial charge is 0.396 e. The van der Waals surface area contributed by atoms with Crippen molar-refractivity contribution in [2.24, 2.45) is 12.5 Å². The van der Waals surface area contributed by atoms with E-state index in [0.717, 1.165) is 29.7 Å². The molecule has 138 valence electrons. The molecule has 0 saturated carbocycles. The number of aliphatic hydroxyl groups is 1. The predicted octanol–water partition coefficient (Wildman–Crippen LogP) is 1.34. The molecule has 0 unspecified atom stereocenters. The summed E-state index contributed by atoms with van der Waals surface area (Å²) in [5.41, 5.74) is 2.44. The number of nitrogens with one attached hydrogen (secondary N) is 2. The van der Waals surface area contributed by atoms with Crippen molar-refractivity contribution in [3.05, 3.63) is 27.2 Å². The van der Waals surface area contributed by atoms with E-state index in [0.29, 0.717) is 17.6 Å². The van der Waals surface area contributed by atoms with Gasteiger partial charge in [0.1, 0.15) is 0 Å².